The van der Waals surface area contributed by atoms with Crippen LogP contribution in [0.4, 0.5) is 5.95 Å². The monoisotopic (exact) mass is 425 g/mol. The van der Waals surface area contributed by atoms with E-state index in [4.69, 9.17) is 4.42 Å². The molecule has 4 rings (SSSR count). The van der Waals surface area contributed by atoms with E-state index in [0.29, 0.717) is 17.9 Å². The summed E-state index contributed by atoms with van der Waals surface area (Å²) in [5.41, 5.74) is 1.50. The number of hydrogen-bond donors (Lipinski definition) is 2. The maximum Gasteiger partial charge on any atom is 0.255 e. The molecule has 1 aliphatic heterocycles. The fourth-order valence-corrected chi connectivity index (χ4v) is 4.27. The van der Waals surface area contributed by atoms with Crippen molar-refractivity contribution in [3.63, 3.8) is 0 Å². The summed E-state index contributed by atoms with van der Waals surface area (Å²) in [5, 5.41) is 3.18. The van der Waals surface area contributed by atoms with E-state index in [0.717, 1.165) is 41.7 Å². The molecule has 158 valence electrons. The van der Waals surface area contributed by atoms with E-state index in [1.807, 2.05) is 12.1 Å². The standard InChI is InChI=1S/C22H27N5O2S/c28-21-18(12-17-4-3-7-23-13-17)14-25-22(26-21)24-8-11-30-16-20-6-5-19(29-20)15-27-9-1-2-10-27/h3-7,13-14H,1-2,8-12,15-16H2,(H2,24,25,26,28). The summed E-state index contributed by atoms with van der Waals surface area (Å²) in [4.78, 5) is 25.9. The molecule has 0 amide bonds. The van der Waals surface area contributed by atoms with Crippen molar-refractivity contribution >= 4 is 17.7 Å². The van der Waals surface area contributed by atoms with Crippen molar-refractivity contribution in [3.8, 4) is 0 Å². The van der Waals surface area contributed by atoms with Crippen molar-refractivity contribution < 1.29 is 4.42 Å². The number of likely N-dealkylation sites (tertiary alicyclic amines) is 1. The Labute approximate surface area is 180 Å². The van der Waals surface area contributed by atoms with Crippen LogP contribution in [0, 0.1) is 0 Å². The molecular formula is C22H27N5O2S. The third kappa shape index (κ3) is 5.96. The van der Waals surface area contributed by atoms with Crippen LogP contribution in [0.3, 0.4) is 0 Å². The van der Waals surface area contributed by atoms with Crippen molar-refractivity contribution in [2.24, 2.45) is 0 Å². The van der Waals surface area contributed by atoms with E-state index in [2.05, 4.69) is 37.3 Å². The van der Waals surface area contributed by atoms with Gasteiger partial charge in [0.25, 0.3) is 5.56 Å². The summed E-state index contributed by atoms with van der Waals surface area (Å²) in [7, 11) is 0. The summed E-state index contributed by atoms with van der Waals surface area (Å²) >= 11 is 1.79. The quantitative estimate of drug-likeness (QED) is 0.482. The number of rotatable bonds is 10. The minimum atomic E-state index is -0.120. The average Bonchev–Trinajstić information content (AvgIpc) is 3.43. The molecule has 3 aromatic rings. The van der Waals surface area contributed by atoms with Gasteiger partial charge in [-0.1, -0.05) is 6.07 Å². The topological polar surface area (TPSA) is 87.0 Å². The minimum Gasteiger partial charge on any atom is -0.464 e. The zero-order valence-corrected chi connectivity index (χ0v) is 17.8. The lowest BCUT2D eigenvalue weighted by Gasteiger charge is -2.11. The smallest absolute Gasteiger partial charge is 0.255 e. The first-order valence-corrected chi connectivity index (χ1v) is 11.5. The predicted octanol–water partition coefficient (Wildman–Crippen LogP) is 3.29. The molecule has 0 aliphatic carbocycles. The number of furan rings is 1. The minimum absolute atomic E-state index is 0.120. The van der Waals surface area contributed by atoms with Crippen LogP contribution < -0.4 is 10.9 Å². The number of aromatic amines is 1. The van der Waals surface area contributed by atoms with Crippen LogP contribution in [0.25, 0.3) is 0 Å². The van der Waals surface area contributed by atoms with E-state index >= 15 is 0 Å². The van der Waals surface area contributed by atoms with Crippen LogP contribution in [0.2, 0.25) is 0 Å². The van der Waals surface area contributed by atoms with Gasteiger partial charge >= 0.3 is 0 Å². The second-order valence-corrected chi connectivity index (χ2v) is 8.56. The molecule has 30 heavy (non-hydrogen) atoms. The number of nitrogens with one attached hydrogen (secondary N) is 2. The molecule has 3 aromatic heterocycles. The number of H-pyrrole nitrogens is 1. The first kappa shape index (κ1) is 20.7. The summed E-state index contributed by atoms with van der Waals surface area (Å²) in [5.74, 6) is 4.31. The largest absolute Gasteiger partial charge is 0.464 e. The highest BCUT2D eigenvalue weighted by Crippen LogP contribution is 2.18. The van der Waals surface area contributed by atoms with Crippen molar-refractivity contribution in [1.29, 1.82) is 0 Å². The Bertz CT molecular complexity index is 982. The van der Waals surface area contributed by atoms with Gasteiger partial charge in [-0.2, -0.15) is 11.8 Å². The van der Waals surface area contributed by atoms with Gasteiger partial charge in [0.2, 0.25) is 5.95 Å². The maximum absolute atomic E-state index is 12.3. The van der Waals surface area contributed by atoms with Crippen molar-refractivity contribution in [2.75, 3.05) is 30.7 Å². The zero-order chi connectivity index (χ0) is 20.6. The van der Waals surface area contributed by atoms with Gasteiger partial charge in [0.15, 0.2) is 0 Å². The second-order valence-electron chi connectivity index (χ2n) is 7.45. The Balaban J connectivity index is 1.17. The maximum atomic E-state index is 12.3. The number of nitrogens with zero attached hydrogens (tertiary/aromatic N) is 3. The van der Waals surface area contributed by atoms with Gasteiger partial charge in [0.1, 0.15) is 11.5 Å². The Hall–Kier alpha value is -2.58. The van der Waals surface area contributed by atoms with Crippen LogP contribution in [0.5, 0.6) is 0 Å². The molecule has 1 aliphatic rings. The van der Waals surface area contributed by atoms with Gasteiger partial charge in [0.05, 0.1) is 12.3 Å². The first-order chi connectivity index (χ1) is 14.8. The first-order valence-electron chi connectivity index (χ1n) is 10.3. The predicted molar refractivity (Wildman–Crippen MR) is 120 cm³/mol. The zero-order valence-electron chi connectivity index (χ0n) is 17.0. The Morgan fingerprint density at radius 1 is 1.17 bits per heavy atom. The van der Waals surface area contributed by atoms with E-state index in [1.54, 1.807) is 30.4 Å². The highest BCUT2D eigenvalue weighted by molar-refractivity contribution is 7.98. The number of anilines is 1. The highest BCUT2D eigenvalue weighted by atomic mass is 32.2. The molecule has 0 spiro atoms. The lowest BCUT2D eigenvalue weighted by atomic mass is 10.1. The van der Waals surface area contributed by atoms with Gasteiger partial charge < -0.3 is 9.73 Å². The van der Waals surface area contributed by atoms with Gasteiger partial charge in [-0.15, -0.1) is 0 Å². The highest BCUT2D eigenvalue weighted by Gasteiger charge is 2.13. The third-order valence-electron chi connectivity index (χ3n) is 5.07. The molecular weight excluding hydrogens is 398 g/mol. The van der Waals surface area contributed by atoms with Gasteiger partial charge in [-0.3, -0.25) is 19.7 Å². The number of pyridine rings is 1. The molecule has 8 heteroatoms. The second kappa shape index (κ2) is 10.4. The molecule has 0 bridgehead atoms. The Kier molecular flexibility index (Phi) is 7.20. The van der Waals surface area contributed by atoms with Crippen LogP contribution in [-0.2, 0) is 18.7 Å². The molecule has 1 fully saturated rings. The number of thioether (sulfide) groups is 1. The van der Waals surface area contributed by atoms with E-state index < -0.39 is 0 Å². The average molecular weight is 426 g/mol. The molecule has 7 nitrogen and oxygen atoms in total. The summed E-state index contributed by atoms with van der Waals surface area (Å²) in [6, 6.07) is 7.98. The summed E-state index contributed by atoms with van der Waals surface area (Å²) in [6.07, 6.45) is 8.22. The molecule has 1 saturated heterocycles. The molecule has 0 atom stereocenters. The Morgan fingerprint density at radius 2 is 2.03 bits per heavy atom. The van der Waals surface area contributed by atoms with Crippen molar-refractivity contribution in [3.05, 3.63) is 75.9 Å². The third-order valence-corrected chi connectivity index (χ3v) is 6.05. The SMILES string of the molecule is O=c1[nH]c(NCCSCc2ccc(CN3CCCC3)o2)ncc1Cc1cccnc1. The lowest BCUT2D eigenvalue weighted by Crippen LogP contribution is -2.18. The van der Waals surface area contributed by atoms with Gasteiger partial charge in [0, 0.05) is 42.9 Å². The molecule has 4 heterocycles. The van der Waals surface area contributed by atoms with E-state index in [1.165, 1.54) is 25.9 Å². The van der Waals surface area contributed by atoms with Crippen LogP contribution >= 0.6 is 11.8 Å². The van der Waals surface area contributed by atoms with Crippen molar-refractivity contribution in [1.82, 2.24) is 19.9 Å². The normalized spacial score (nSPS) is 14.3. The van der Waals surface area contributed by atoms with Crippen LogP contribution in [-0.4, -0.2) is 45.2 Å². The fraction of sp³-hybridized carbons (Fsp3) is 0.409. The molecule has 2 N–H and O–H groups in total. The fourth-order valence-electron chi connectivity index (χ4n) is 3.52. The number of aromatic nitrogens is 3. The van der Waals surface area contributed by atoms with Crippen molar-refractivity contribution in [2.45, 2.75) is 31.6 Å². The molecule has 0 saturated carbocycles. The molecule has 0 radical (unpaired) electrons. The van der Waals surface area contributed by atoms with E-state index in [-0.39, 0.29) is 5.56 Å². The molecule has 0 unspecified atom stereocenters. The van der Waals surface area contributed by atoms with Gasteiger partial charge in [-0.25, -0.2) is 4.98 Å². The summed E-state index contributed by atoms with van der Waals surface area (Å²) < 4.78 is 5.94. The van der Waals surface area contributed by atoms with Crippen LogP contribution in [0.15, 0.2) is 52.1 Å². The Morgan fingerprint density at radius 3 is 2.83 bits per heavy atom. The molecule has 0 aromatic carbocycles. The van der Waals surface area contributed by atoms with Crippen LogP contribution in [0.1, 0.15) is 35.5 Å². The van der Waals surface area contributed by atoms with E-state index in [9.17, 15) is 4.79 Å². The summed E-state index contributed by atoms with van der Waals surface area (Å²) in [6.45, 7) is 3.99. The van der Waals surface area contributed by atoms with Gasteiger partial charge in [-0.05, 0) is 49.7 Å². The lowest BCUT2D eigenvalue weighted by molar-refractivity contribution is 0.294. The number of hydrogen-bond acceptors (Lipinski definition) is 7.